The van der Waals surface area contributed by atoms with E-state index in [2.05, 4.69) is 15.1 Å². The minimum absolute atomic E-state index is 0.0406. The summed E-state index contributed by atoms with van der Waals surface area (Å²) in [6.07, 6.45) is 3.28. The molecule has 7 nitrogen and oxygen atoms in total. The average molecular weight is 435 g/mol. The van der Waals surface area contributed by atoms with Gasteiger partial charge >= 0.3 is 0 Å². The van der Waals surface area contributed by atoms with E-state index in [1.165, 1.54) is 24.5 Å². The lowest BCUT2D eigenvalue weighted by molar-refractivity contribution is -0.0343. The third-order valence-corrected chi connectivity index (χ3v) is 4.98. The van der Waals surface area contributed by atoms with E-state index >= 15 is 0 Å². The summed E-state index contributed by atoms with van der Waals surface area (Å²) in [4.78, 5) is 21.1. The van der Waals surface area contributed by atoms with Crippen LogP contribution < -0.4 is 5.56 Å². The van der Waals surface area contributed by atoms with Crippen molar-refractivity contribution in [3.8, 4) is 0 Å². The van der Waals surface area contributed by atoms with Crippen molar-refractivity contribution < 1.29 is 18.0 Å². The van der Waals surface area contributed by atoms with E-state index in [0.717, 1.165) is 34.0 Å². The molecule has 0 radical (unpaired) electrons. The summed E-state index contributed by atoms with van der Waals surface area (Å²) in [6, 6.07) is 4.52. The summed E-state index contributed by atoms with van der Waals surface area (Å²) in [7, 11) is 0. The molecule has 2 atom stereocenters. The van der Waals surface area contributed by atoms with Gasteiger partial charge in [-0.05, 0) is 31.1 Å². The number of rotatable bonds is 5. The summed E-state index contributed by atoms with van der Waals surface area (Å²) in [5.41, 5.74) is -3.72. The fourth-order valence-corrected chi connectivity index (χ4v) is 3.41. The van der Waals surface area contributed by atoms with Crippen molar-refractivity contribution in [2.75, 3.05) is 0 Å². The first kappa shape index (κ1) is 16.6. The van der Waals surface area contributed by atoms with Crippen LogP contribution in [-0.2, 0) is 12.1 Å². The van der Waals surface area contributed by atoms with Gasteiger partial charge in [0, 0.05) is 20.8 Å². The highest BCUT2D eigenvalue weighted by Gasteiger charge is 2.41. The third-order valence-electron chi connectivity index (χ3n) is 4.74. The Morgan fingerprint density at radius 3 is 2.80 bits per heavy atom. The van der Waals surface area contributed by atoms with Crippen LogP contribution >= 0.6 is 11.6 Å². The molecule has 10 heteroatoms. The molecule has 0 amide bonds. The zero-order valence-corrected chi connectivity index (χ0v) is 16.0. The molecule has 0 aliphatic carbocycles. The molecule has 0 saturated carbocycles. The Labute approximate surface area is 178 Å². The minimum Gasteiger partial charge on any atom is -0.381 e. The van der Waals surface area contributed by atoms with E-state index < -0.39 is 47.8 Å². The first-order valence-electron chi connectivity index (χ1n) is 10.2. The van der Waals surface area contributed by atoms with Crippen molar-refractivity contribution in [2.45, 2.75) is 25.0 Å². The predicted octanol–water partition coefficient (Wildman–Crippen LogP) is 3.07. The number of nitrogens with zero attached hydrogens (tertiary/aromatic N) is 5. The summed E-state index contributed by atoms with van der Waals surface area (Å²) in [6.45, 7) is -3.65. The normalized spacial score (nSPS) is 16.5. The maximum Gasteiger partial charge on any atom is 0.261 e. The van der Waals surface area contributed by atoms with Gasteiger partial charge in [0.05, 0.1) is 29.8 Å². The van der Waals surface area contributed by atoms with E-state index in [-0.39, 0.29) is 10.9 Å². The lowest BCUT2D eigenvalue weighted by atomic mass is 9.86. The average Bonchev–Trinajstić information content (AvgIpc) is 3.21. The van der Waals surface area contributed by atoms with Crippen LogP contribution in [0.3, 0.4) is 0 Å². The molecule has 0 aliphatic heterocycles. The predicted molar refractivity (Wildman–Crippen MR) is 106 cm³/mol. The molecule has 2 aromatic carbocycles. The molecule has 0 bridgehead atoms. The van der Waals surface area contributed by atoms with Gasteiger partial charge in [0.2, 0.25) is 0 Å². The van der Waals surface area contributed by atoms with Crippen LogP contribution in [0.15, 0.2) is 60.2 Å². The Kier molecular flexibility index (Phi) is 4.20. The molecule has 4 aromatic rings. The van der Waals surface area contributed by atoms with Gasteiger partial charge in [0.1, 0.15) is 29.9 Å². The highest BCUT2D eigenvalue weighted by Crippen LogP contribution is 2.36. The Hall–Kier alpha value is -3.17. The molecular weight excluding hydrogens is 416 g/mol. The minimum atomic E-state index is -3.04. The molecule has 1 N–H and O–H groups in total. The largest absolute Gasteiger partial charge is 0.381 e. The van der Waals surface area contributed by atoms with Crippen LogP contribution in [0.2, 0.25) is 5.02 Å². The smallest absolute Gasteiger partial charge is 0.261 e. The van der Waals surface area contributed by atoms with Gasteiger partial charge in [-0.15, -0.1) is 0 Å². The number of halogens is 3. The standard InChI is InChI=1S/C20H16ClF2N5O2/c1-12(28-11-25-18-6-13(21)2-4-15(18)19(28)29)20(30,8-27-10-24-9-26-27)16-5-3-14(22)7-17(16)23/h2-7,9-12,30H,8H2,1H3/t12-,20-/m1/s1/i1D3. The molecule has 2 aromatic heterocycles. The molecule has 0 saturated heterocycles. The first-order chi connectivity index (χ1) is 15.5. The van der Waals surface area contributed by atoms with Crippen molar-refractivity contribution in [3.63, 3.8) is 0 Å². The molecule has 0 aliphatic rings. The second-order valence-electron chi connectivity index (χ2n) is 6.66. The fourth-order valence-electron chi connectivity index (χ4n) is 3.24. The summed E-state index contributed by atoms with van der Waals surface area (Å²) >= 11 is 5.94. The van der Waals surface area contributed by atoms with Crippen LogP contribution in [-0.4, -0.2) is 29.4 Å². The van der Waals surface area contributed by atoms with Crippen molar-refractivity contribution in [2.24, 2.45) is 0 Å². The lowest BCUT2D eigenvalue weighted by Gasteiger charge is -2.35. The van der Waals surface area contributed by atoms with Crippen molar-refractivity contribution in [1.82, 2.24) is 24.3 Å². The van der Waals surface area contributed by atoms with E-state index in [0.29, 0.717) is 11.1 Å². The van der Waals surface area contributed by atoms with Gasteiger partial charge in [-0.25, -0.2) is 23.4 Å². The highest BCUT2D eigenvalue weighted by atomic mass is 35.5. The zero-order chi connectivity index (χ0) is 24.0. The van der Waals surface area contributed by atoms with Gasteiger partial charge in [-0.3, -0.25) is 9.36 Å². The monoisotopic (exact) mass is 434 g/mol. The maximum atomic E-state index is 14.9. The SMILES string of the molecule is [2H]C([2H])([2H])[C@@H](n1cnc2cc(Cl)ccc2c1=O)[C@](O)(Cn1cncn1)c1ccc(F)cc1F. The third kappa shape index (κ3) is 3.46. The van der Waals surface area contributed by atoms with E-state index in [4.69, 9.17) is 15.7 Å². The zero-order valence-electron chi connectivity index (χ0n) is 18.2. The fraction of sp³-hybridized carbons (Fsp3) is 0.200. The maximum absolute atomic E-state index is 14.9. The number of hydrogen-bond donors (Lipinski definition) is 1. The number of hydrogen-bond acceptors (Lipinski definition) is 5. The quantitative estimate of drug-likeness (QED) is 0.521. The molecule has 0 spiro atoms. The molecule has 30 heavy (non-hydrogen) atoms. The second kappa shape index (κ2) is 7.58. The lowest BCUT2D eigenvalue weighted by Crippen LogP contribution is -2.43. The van der Waals surface area contributed by atoms with Crippen molar-refractivity contribution in [3.05, 3.63) is 88.0 Å². The summed E-state index contributed by atoms with van der Waals surface area (Å²) in [5.74, 6) is -2.12. The van der Waals surface area contributed by atoms with Crippen LogP contribution in [0, 0.1) is 11.6 Å². The highest BCUT2D eigenvalue weighted by molar-refractivity contribution is 6.31. The molecule has 2 heterocycles. The van der Waals surface area contributed by atoms with E-state index in [1.54, 1.807) is 0 Å². The number of fused-ring (bicyclic) bond motifs is 1. The Morgan fingerprint density at radius 1 is 1.27 bits per heavy atom. The van der Waals surface area contributed by atoms with Gasteiger partial charge in [-0.2, -0.15) is 5.10 Å². The van der Waals surface area contributed by atoms with Gasteiger partial charge in [0.15, 0.2) is 0 Å². The van der Waals surface area contributed by atoms with Gasteiger partial charge in [0.25, 0.3) is 5.56 Å². The molecular formula is C20H16ClF2N5O2. The number of aromatic nitrogens is 5. The molecule has 4 rings (SSSR count). The molecule has 0 unspecified atom stereocenters. The Bertz CT molecular complexity index is 1380. The van der Waals surface area contributed by atoms with Crippen LogP contribution in [0.1, 0.15) is 22.6 Å². The molecule has 0 fully saturated rings. The number of aliphatic hydroxyl groups is 1. The Morgan fingerprint density at radius 2 is 2.10 bits per heavy atom. The van der Waals surface area contributed by atoms with Crippen LogP contribution in [0.4, 0.5) is 8.78 Å². The second-order valence-corrected chi connectivity index (χ2v) is 7.10. The summed E-state index contributed by atoms with van der Waals surface area (Å²) < 4.78 is 54.7. The summed E-state index contributed by atoms with van der Waals surface area (Å²) in [5, 5.41) is 16.0. The topological polar surface area (TPSA) is 85.8 Å². The van der Waals surface area contributed by atoms with E-state index in [9.17, 15) is 18.7 Å². The van der Waals surface area contributed by atoms with E-state index in [1.807, 2.05) is 0 Å². The Balaban J connectivity index is 2.01. The van der Waals surface area contributed by atoms with Crippen molar-refractivity contribution in [1.29, 1.82) is 0 Å². The number of benzene rings is 2. The molecule has 154 valence electrons. The van der Waals surface area contributed by atoms with Gasteiger partial charge in [-0.1, -0.05) is 17.7 Å². The van der Waals surface area contributed by atoms with Crippen molar-refractivity contribution >= 4 is 22.5 Å². The van der Waals surface area contributed by atoms with Crippen LogP contribution in [0.25, 0.3) is 10.9 Å². The van der Waals surface area contributed by atoms with Crippen LogP contribution in [0.5, 0.6) is 0 Å². The first-order valence-corrected chi connectivity index (χ1v) is 9.05. The van der Waals surface area contributed by atoms with Gasteiger partial charge < -0.3 is 5.11 Å².